The molecule has 1 saturated heterocycles. The number of likely N-dealkylation sites (tertiary alicyclic amines) is 1. The summed E-state index contributed by atoms with van der Waals surface area (Å²) >= 11 is 0. The van der Waals surface area contributed by atoms with Crippen molar-refractivity contribution in [1.29, 1.82) is 5.26 Å². The number of aromatic nitrogens is 2. The molecule has 2 heterocycles. The number of imidazole rings is 1. The Morgan fingerprint density at radius 1 is 1.28 bits per heavy atom. The van der Waals surface area contributed by atoms with Crippen LogP contribution in [0.2, 0.25) is 0 Å². The van der Waals surface area contributed by atoms with Crippen molar-refractivity contribution < 1.29 is 4.79 Å². The van der Waals surface area contributed by atoms with E-state index < -0.39 is 5.41 Å². The predicted molar refractivity (Wildman–Crippen MR) is 93.6 cm³/mol. The molecule has 0 unspecified atom stereocenters. The maximum atomic E-state index is 12.9. The van der Waals surface area contributed by atoms with E-state index in [-0.39, 0.29) is 11.8 Å². The third-order valence-corrected chi connectivity index (χ3v) is 5.81. The largest absolute Gasteiger partial charge is 0.348 e. The summed E-state index contributed by atoms with van der Waals surface area (Å²) in [5.74, 6) is 0.277. The minimum atomic E-state index is -0.457. The van der Waals surface area contributed by atoms with Crippen molar-refractivity contribution in [3.05, 3.63) is 53.6 Å². The number of amides is 1. The topological polar surface area (TPSA) is 72.8 Å². The summed E-state index contributed by atoms with van der Waals surface area (Å²) in [4.78, 5) is 22.4. The molecule has 1 atom stereocenters. The maximum absolute atomic E-state index is 12.9. The summed E-state index contributed by atoms with van der Waals surface area (Å²) in [5.41, 5.74) is 2.83. The van der Waals surface area contributed by atoms with Crippen molar-refractivity contribution in [2.45, 2.75) is 37.5 Å². The highest BCUT2D eigenvalue weighted by atomic mass is 16.2. The van der Waals surface area contributed by atoms with Crippen LogP contribution in [0, 0.1) is 17.2 Å². The van der Waals surface area contributed by atoms with Gasteiger partial charge in [-0.3, -0.25) is 4.79 Å². The molecule has 0 spiro atoms. The number of carbonyl (C=O) groups is 1. The lowest BCUT2D eigenvalue weighted by Gasteiger charge is -2.39. The number of piperidine rings is 1. The molecule has 1 aromatic heterocycles. The maximum Gasteiger partial charge on any atom is 0.226 e. The molecule has 1 aliphatic heterocycles. The van der Waals surface area contributed by atoms with E-state index in [1.54, 1.807) is 6.33 Å². The second kappa shape index (κ2) is 6.36. The van der Waals surface area contributed by atoms with E-state index in [0.717, 1.165) is 36.2 Å². The van der Waals surface area contributed by atoms with Crippen LogP contribution in [-0.2, 0) is 23.1 Å². The zero-order valence-electron chi connectivity index (χ0n) is 14.2. The van der Waals surface area contributed by atoms with Gasteiger partial charge in [0.25, 0.3) is 0 Å². The lowest BCUT2D eigenvalue weighted by molar-refractivity contribution is -0.137. The molecule has 1 aromatic carbocycles. The number of nitrogens with zero attached hydrogens (tertiary/aromatic N) is 3. The molecule has 5 nitrogen and oxygen atoms in total. The first-order valence-corrected chi connectivity index (χ1v) is 8.98. The SMILES string of the molecule is N#CC1(c2ccccc2)CCN(C(=O)[C@@H]2CCc3nc[nH]c3C2)CC1. The highest BCUT2D eigenvalue weighted by Gasteiger charge is 2.39. The number of aryl methyl sites for hydroxylation is 1. The van der Waals surface area contributed by atoms with Gasteiger partial charge in [0.2, 0.25) is 5.91 Å². The van der Waals surface area contributed by atoms with Crippen molar-refractivity contribution in [2.75, 3.05) is 13.1 Å². The van der Waals surface area contributed by atoms with Crippen molar-refractivity contribution in [3.63, 3.8) is 0 Å². The normalized spacial score (nSPS) is 22.0. The Hall–Kier alpha value is -2.61. The van der Waals surface area contributed by atoms with Gasteiger partial charge in [-0.1, -0.05) is 30.3 Å². The number of fused-ring (bicyclic) bond motifs is 1. The summed E-state index contributed by atoms with van der Waals surface area (Å²) < 4.78 is 0. The predicted octanol–water partition coefficient (Wildman–Crippen LogP) is 2.60. The third kappa shape index (κ3) is 2.82. The molecular formula is C20H22N4O. The Morgan fingerprint density at radius 2 is 2.04 bits per heavy atom. The van der Waals surface area contributed by atoms with Crippen LogP contribution in [0.25, 0.3) is 0 Å². The molecule has 5 heteroatoms. The van der Waals surface area contributed by atoms with Crippen LogP contribution < -0.4 is 0 Å². The minimum absolute atomic E-state index is 0.0410. The standard InChI is InChI=1S/C20H22N4O/c21-13-20(16-4-2-1-3-5-16)8-10-24(11-9-20)19(25)15-6-7-17-18(12-15)23-14-22-17/h1-5,14-15H,6-12H2,(H,22,23)/t15-/m1/s1. The number of nitrogens with one attached hydrogen (secondary N) is 1. The summed E-state index contributed by atoms with van der Waals surface area (Å²) in [6.07, 6.45) is 5.64. The first-order chi connectivity index (χ1) is 12.2. The molecule has 2 aromatic rings. The third-order valence-electron chi connectivity index (χ3n) is 5.81. The van der Waals surface area contributed by atoms with Crippen LogP contribution >= 0.6 is 0 Å². The van der Waals surface area contributed by atoms with Crippen LogP contribution in [0.15, 0.2) is 36.7 Å². The van der Waals surface area contributed by atoms with Gasteiger partial charge in [-0.2, -0.15) is 5.26 Å². The van der Waals surface area contributed by atoms with Gasteiger partial charge < -0.3 is 9.88 Å². The quantitative estimate of drug-likeness (QED) is 0.917. The van der Waals surface area contributed by atoms with Gasteiger partial charge in [0, 0.05) is 31.1 Å². The fraction of sp³-hybridized carbons (Fsp3) is 0.450. The molecule has 25 heavy (non-hydrogen) atoms. The van der Waals surface area contributed by atoms with Gasteiger partial charge in [-0.15, -0.1) is 0 Å². The number of hydrogen-bond acceptors (Lipinski definition) is 3. The van der Waals surface area contributed by atoms with E-state index >= 15 is 0 Å². The van der Waals surface area contributed by atoms with Crippen molar-refractivity contribution in [2.24, 2.45) is 5.92 Å². The van der Waals surface area contributed by atoms with E-state index in [2.05, 4.69) is 16.0 Å². The molecule has 4 rings (SSSR count). The molecular weight excluding hydrogens is 312 g/mol. The Morgan fingerprint density at radius 3 is 2.76 bits per heavy atom. The van der Waals surface area contributed by atoms with Crippen molar-refractivity contribution >= 4 is 5.91 Å². The van der Waals surface area contributed by atoms with Gasteiger partial charge in [-0.25, -0.2) is 4.98 Å². The second-order valence-electron chi connectivity index (χ2n) is 7.15. The van der Waals surface area contributed by atoms with Crippen molar-refractivity contribution in [3.8, 4) is 6.07 Å². The number of rotatable bonds is 2. The van der Waals surface area contributed by atoms with Crippen molar-refractivity contribution in [1.82, 2.24) is 14.9 Å². The fourth-order valence-corrected chi connectivity index (χ4v) is 4.20. The summed E-state index contributed by atoms with van der Waals surface area (Å²) in [6.45, 7) is 1.32. The van der Waals surface area contributed by atoms with Crippen LogP contribution in [-0.4, -0.2) is 33.9 Å². The monoisotopic (exact) mass is 334 g/mol. The van der Waals surface area contributed by atoms with Crippen LogP contribution in [0.3, 0.4) is 0 Å². The van der Waals surface area contributed by atoms with Gasteiger partial charge in [0.1, 0.15) is 0 Å². The lowest BCUT2D eigenvalue weighted by atomic mass is 9.74. The zero-order chi connectivity index (χ0) is 17.3. The summed E-state index contributed by atoms with van der Waals surface area (Å²) in [6, 6.07) is 12.5. The number of nitriles is 1. The molecule has 0 saturated carbocycles. The average Bonchev–Trinajstić information content (AvgIpc) is 3.16. The van der Waals surface area contributed by atoms with Crippen LogP contribution in [0.5, 0.6) is 0 Å². The molecule has 0 radical (unpaired) electrons. The fourth-order valence-electron chi connectivity index (χ4n) is 4.20. The van der Waals surface area contributed by atoms with Gasteiger partial charge in [-0.05, 0) is 31.2 Å². The van der Waals surface area contributed by atoms with E-state index in [1.807, 2.05) is 35.2 Å². The molecule has 2 aliphatic rings. The number of hydrogen-bond donors (Lipinski definition) is 1. The Balaban J connectivity index is 1.44. The highest BCUT2D eigenvalue weighted by Crippen LogP contribution is 2.36. The zero-order valence-corrected chi connectivity index (χ0v) is 14.2. The second-order valence-corrected chi connectivity index (χ2v) is 7.15. The molecule has 0 bridgehead atoms. The number of aromatic amines is 1. The molecule has 1 amide bonds. The summed E-state index contributed by atoms with van der Waals surface area (Å²) in [7, 11) is 0. The Kier molecular flexibility index (Phi) is 4.04. The van der Waals surface area contributed by atoms with Gasteiger partial charge in [0.15, 0.2) is 0 Å². The highest BCUT2D eigenvalue weighted by molar-refractivity contribution is 5.79. The summed E-state index contributed by atoms with van der Waals surface area (Å²) in [5, 5.41) is 9.79. The van der Waals surface area contributed by atoms with Gasteiger partial charge in [0.05, 0.1) is 23.5 Å². The number of benzene rings is 1. The smallest absolute Gasteiger partial charge is 0.226 e. The molecule has 1 aliphatic carbocycles. The molecule has 128 valence electrons. The van der Waals surface area contributed by atoms with Crippen LogP contribution in [0.4, 0.5) is 0 Å². The van der Waals surface area contributed by atoms with Crippen LogP contribution in [0.1, 0.15) is 36.2 Å². The minimum Gasteiger partial charge on any atom is -0.348 e. The Bertz CT molecular complexity index is 797. The first-order valence-electron chi connectivity index (χ1n) is 8.98. The van der Waals surface area contributed by atoms with E-state index in [0.29, 0.717) is 25.9 Å². The van der Waals surface area contributed by atoms with E-state index in [9.17, 15) is 10.1 Å². The number of carbonyl (C=O) groups excluding carboxylic acids is 1. The Labute approximate surface area is 147 Å². The van der Waals surface area contributed by atoms with E-state index in [4.69, 9.17) is 0 Å². The average molecular weight is 334 g/mol. The molecule has 1 N–H and O–H groups in total. The number of H-pyrrole nitrogens is 1. The van der Waals surface area contributed by atoms with Gasteiger partial charge >= 0.3 is 0 Å². The van der Waals surface area contributed by atoms with E-state index in [1.165, 1.54) is 0 Å². The lowest BCUT2D eigenvalue weighted by Crippen LogP contribution is -2.47. The first kappa shape index (κ1) is 15.9. The molecule has 1 fully saturated rings.